The molecular formula is C14H23N3. The smallest absolute Gasteiger partial charge is 0.126 e. The number of anilines is 1. The van der Waals surface area contributed by atoms with Gasteiger partial charge < -0.3 is 5.32 Å². The zero-order chi connectivity index (χ0) is 12.3. The van der Waals surface area contributed by atoms with Crippen molar-refractivity contribution in [3.63, 3.8) is 0 Å². The number of hydrogen-bond donors (Lipinski definition) is 1. The first-order valence-electron chi connectivity index (χ1n) is 6.64. The van der Waals surface area contributed by atoms with Crippen LogP contribution in [0.5, 0.6) is 0 Å². The van der Waals surface area contributed by atoms with Crippen LogP contribution < -0.4 is 5.32 Å². The average Bonchev–Trinajstić information content (AvgIpc) is 2.71. The van der Waals surface area contributed by atoms with E-state index in [-0.39, 0.29) is 0 Å². The van der Waals surface area contributed by atoms with E-state index in [1.165, 1.54) is 25.0 Å². The lowest BCUT2D eigenvalue weighted by molar-refractivity contribution is 0.187. The van der Waals surface area contributed by atoms with Crippen molar-refractivity contribution in [3.05, 3.63) is 23.9 Å². The number of likely N-dealkylation sites (tertiary alicyclic amines) is 1. The van der Waals surface area contributed by atoms with E-state index >= 15 is 0 Å². The van der Waals surface area contributed by atoms with Gasteiger partial charge in [0.25, 0.3) is 0 Å². The summed E-state index contributed by atoms with van der Waals surface area (Å²) in [6, 6.07) is 7.65. The highest BCUT2D eigenvalue weighted by Crippen LogP contribution is 2.27. The van der Waals surface area contributed by atoms with Gasteiger partial charge in [0.05, 0.1) is 5.69 Å². The summed E-state index contributed by atoms with van der Waals surface area (Å²) in [5, 5.41) is 3.10. The second-order valence-corrected chi connectivity index (χ2v) is 4.92. The Balaban J connectivity index is 2.08. The van der Waals surface area contributed by atoms with Crippen molar-refractivity contribution in [2.45, 2.75) is 51.7 Å². The van der Waals surface area contributed by atoms with Crippen LogP contribution in [0, 0.1) is 0 Å². The van der Waals surface area contributed by atoms with Crippen molar-refractivity contribution >= 4 is 5.82 Å². The molecule has 3 nitrogen and oxygen atoms in total. The molecule has 1 N–H and O–H groups in total. The summed E-state index contributed by atoms with van der Waals surface area (Å²) in [6.07, 6.45) is 3.91. The largest absolute Gasteiger partial charge is 0.373 e. The van der Waals surface area contributed by atoms with Crippen molar-refractivity contribution in [3.8, 4) is 0 Å². The van der Waals surface area contributed by atoms with E-state index in [0.29, 0.717) is 6.04 Å². The van der Waals surface area contributed by atoms with Gasteiger partial charge >= 0.3 is 0 Å². The first-order valence-corrected chi connectivity index (χ1v) is 6.64. The van der Waals surface area contributed by atoms with Gasteiger partial charge in [0.1, 0.15) is 5.82 Å². The van der Waals surface area contributed by atoms with Gasteiger partial charge in [-0.05, 0) is 38.3 Å². The van der Waals surface area contributed by atoms with Crippen LogP contribution in [-0.2, 0) is 6.54 Å². The fourth-order valence-corrected chi connectivity index (χ4v) is 2.74. The Morgan fingerprint density at radius 1 is 1.41 bits per heavy atom. The Hall–Kier alpha value is -1.09. The molecule has 1 aromatic heterocycles. The second-order valence-electron chi connectivity index (χ2n) is 4.92. The van der Waals surface area contributed by atoms with E-state index in [1.807, 2.05) is 13.1 Å². The zero-order valence-electron chi connectivity index (χ0n) is 11.1. The molecule has 0 saturated carbocycles. The Kier molecular flexibility index (Phi) is 4.00. The third-order valence-corrected chi connectivity index (χ3v) is 3.83. The minimum absolute atomic E-state index is 0.694. The molecule has 1 saturated heterocycles. The molecule has 2 heterocycles. The molecule has 0 aliphatic carbocycles. The van der Waals surface area contributed by atoms with Gasteiger partial charge in [-0.15, -0.1) is 0 Å². The van der Waals surface area contributed by atoms with Crippen LogP contribution in [0.15, 0.2) is 18.2 Å². The quantitative estimate of drug-likeness (QED) is 0.866. The summed E-state index contributed by atoms with van der Waals surface area (Å²) in [5.41, 5.74) is 1.17. The van der Waals surface area contributed by atoms with Crippen LogP contribution in [0.3, 0.4) is 0 Å². The molecule has 0 spiro atoms. The third-order valence-electron chi connectivity index (χ3n) is 3.83. The topological polar surface area (TPSA) is 28.2 Å². The summed E-state index contributed by atoms with van der Waals surface area (Å²) in [7, 11) is 1.92. The molecule has 0 bridgehead atoms. The predicted molar refractivity (Wildman–Crippen MR) is 72.1 cm³/mol. The molecule has 2 atom stereocenters. The third kappa shape index (κ3) is 2.78. The maximum absolute atomic E-state index is 4.61. The van der Waals surface area contributed by atoms with Crippen LogP contribution in [0.2, 0.25) is 0 Å². The van der Waals surface area contributed by atoms with Gasteiger partial charge in [-0.3, -0.25) is 4.90 Å². The van der Waals surface area contributed by atoms with Crippen LogP contribution in [-0.4, -0.2) is 29.0 Å². The van der Waals surface area contributed by atoms with Crippen LogP contribution >= 0.6 is 0 Å². The summed E-state index contributed by atoms with van der Waals surface area (Å²) in [5.74, 6) is 0.961. The van der Waals surface area contributed by atoms with Crippen LogP contribution in [0.1, 0.15) is 38.8 Å². The lowest BCUT2D eigenvalue weighted by atomic mass is 10.1. The van der Waals surface area contributed by atoms with E-state index in [1.54, 1.807) is 0 Å². The average molecular weight is 233 g/mol. The highest BCUT2D eigenvalue weighted by molar-refractivity contribution is 5.34. The molecule has 17 heavy (non-hydrogen) atoms. The predicted octanol–water partition coefficient (Wildman–Crippen LogP) is 2.89. The minimum atomic E-state index is 0.694. The van der Waals surface area contributed by atoms with E-state index in [9.17, 15) is 0 Å². The van der Waals surface area contributed by atoms with Gasteiger partial charge in [-0.1, -0.05) is 13.0 Å². The van der Waals surface area contributed by atoms with E-state index in [4.69, 9.17) is 0 Å². The lowest BCUT2D eigenvalue weighted by Gasteiger charge is -2.27. The Labute approximate surface area is 104 Å². The van der Waals surface area contributed by atoms with E-state index in [0.717, 1.165) is 18.4 Å². The number of nitrogens with zero attached hydrogens (tertiary/aromatic N) is 2. The minimum Gasteiger partial charge on any atom is -0.373 e. The molecule has 1 aliphatic rings. The standard InChI is InChI=1S/C14H23N3/c1-4-13-9-8-11(2)17(13)10-12-6-5-7-14(15-3)16-12/h5-7,11,13H,4,8-10H2,1-3H3,(H,15,16). The molecule has 1 aromatic rings. The SMILES string of the molecule is CCC1CCC(C)N1Cc1cccc(NC)n1. The van der Waals surface area contributed by atoms with Crippen molar-refractivity contribution in [1.82, 2.24) is 9.88 Å². The van der Waals surface area contributed by atoms with Crippen LogP contribution in [0.4, 0.5) is 5.82 Å². The monoisotopic (exact) mass is 233 g/mol. The Morgan fingerprint density at radius 2 is 2.24 bits per heavy atom. The molecule has 94 valence electrons. The van der Waals surface area contributed by atoms with Crippen molar-refractivity contribution < 1.29 is 0 Å². The van der Waals surface area contributed by atoms with Crippen LogP contribution in [0.25, 0.3) is 0 Å². The van der Waals surface area contributed by atoms with Gasteiger partial charge in [0.15, 0.2) is 0 Å². The fraction of sp³-hybridized carbons (Fsp3) is 0.643. The highest BCUT2D eigenvalue weighted by Gasteiger charge is 2.29. The maximum Gasteiger partial charge on any atom is 0.126 e. The van der Waals surface area contributed by atoms with E-state index < -0.39 is 0 Å². The van der Waals surface area contributed by atoms with Gasteiger partial charge in [0, 0.05) is 25.7 Å². The molecule has 3 heteroatoms. The first kappa shape index (κ1) is 12.4. The van der Waals surface area contributed by atoms with Crippen molar-refractivity contribution in [2.24, 2.45) is 0 Å². The number of rotatable bonds is 4. The first-order chi connectivity index (χ1) is 8.24. The molecule has 1 fully saturated rings. The molecule has 1 aliphatic heterocycles. The zero-order valence-corrected chi connectivity index (χ0v) is 11.1. The molecule has 0 aromatic carbocycles. The normalized spacial score (nSPS) is 25.1. The van der Waals surface area contributed by atoms with Crippen molar-refractivity contribution in [2.75, 3.05) is 12.4 Å². The number of pyridine rings is 1. The number of nitrogens with one attached hydrogen (secondary N) is 1. The molecule has 2 rings (SSSR count). The Bertz CT molecular complexity index is 364. The maximum atomic E-state index is 4.61. The van der Waals surface area contributed by atoms with Gasteiger partial charge in [0.2, 0.25) is 0 Å². The molecule has 0 radical (unpaired) electrons. The summed E-state index contributed by atoms with van der Waals surface area (Å²) >= 11 is 0. The van der Waals surface area contributed by atoms with Gasteiger partial charge in [-0.25, -0.2) is 4.98 Å². The Morgan fingerprint density at radius 3 is 2.94 bits per heavy atom. The molecular weight excluding hydrogens is 210 g/mol. The fourth-order valence-electron chi connectivity index (χ4n) is 2.74. The summed E-state index contributed by atoms with van der Waals surface area (Å²) in [4.78, 5) is 7.20. The summed E-state index contributed by atoms with van der Waals surface area (Å²) in [6.45, 7) is 5.60. The summed E-state index contributed by atoms with van der Waals surface area (Å²) < 4.78 is 0. The molecule has 0 amide bonds. The second kappa shape index (κ2) is 5.50. The van der Waals surface area contributed by atoms with Gasteiger partial charge in [-0.2, -0.15) is 0 Å². The highest BCUT2D eigenvalue weighted by atomic mass is 15.2. The van der Waals surface area contributed by atoms with Crippen molar-refractivity contribution in [1.29, 1.82) is 0 Å². The lowest BCUT2D eigenvalue weighted by Crippen LogP contribution is -2.33. The number of aromatic nitrogens is 1. The van der Waals surface area contributed by atoms with E-state index in [2.05, 4.69) is 41.2 Å². The molecule has 2 unspecified atom stereocenters. The number of hydrogen-bond acceptors (Lipinski definition) is 3.